The molecule has 25 heavy (non-hydrogen) atoms. The Morgan fingerprint density at radius 3 is 2.64 bits per heavy atom. The van der Waals surface area contributed by atoms with Gasteiger partial charge in [0.25, 0.3) is 0 Å². The number of fused-ring (bicyclic) bond motifs is 5. The lowest BCUT2D eigenvalue weighted by Crippen LogP contribution is -2.57. The van der Waals surface area contributed by atoms with Crippen molar-refractivity contribution in [3.8, 4) is 0 Å². The van der Waals surface area contributed by atoms with Crippen molar-refractivity contribution in [3.63, 3.8) is 0 Å². The van der Waals surface area contributed by atoms with Crippen molar-refractivity contribution < 1.29 is 19.5 Å². The van der Waals surface area contributed by atoms with E-state index in [0.717, 1.165) is 32.1 Å². The zero-order valence-electron chi connectivity index (χ0n) is 15.0. The molecule has 0 amide bonds. The molecular weight excluding hydrogens is 316 g/mol. The fraction of sp³-hybridized carbons (Fsp3) is 0.667. The molecule has 0 bridgehead atoms. The Kier molecular flexibility index (Phi) is 3.53. The van der Waals surface area contributed by atoms with Gasteiger partial charge in [-0.2, -0.15) is 0 Å². The summed E-state index contributed by atoms with van der Waals surface area (Å²) in [7, 11) is 0. The smallest absolute Gasteiger partial charge is 0.227 e. The van der Waals surface area contributed by atoms with Gasteiger partial charge in [0, 0.05) is 10.8 Å². The highest BCUT2D eigenvalue weighted by molar-refractivity contribution is 6.29. The second-order valence-corrected chi connectivity index (χ2v) is 8.94. The Morgan fingerprint density at radius 2 is 1.92 bits per heavy atom. The van der Waals surface area contributed by atoms with E-state index >= 15 is 0 Å². The van der Waals surface area contributed by atoms with Crippen molar-refractivity contribution in [1.29, 1.82) is 0 Å². The first kappa shape index (κ1) is 16.9. The molecule has 134 valence electrons. The van der Waals surface area contributed by atoms with Crippen LogP contribution in [0.25, 0.3) is 0 Å². The van der Waals surface area contributed by atoms with Crippen molar-refractivity contribution in [2.75, 3.05) is 0 Å². The van der Waals surface area contributed by atoms with Crippen LogP contribution in [-0.4, -0.2) is 28.6 Å². The molecule has 0 aromatic carbocycles. The standard InChI is InChI=1S/C21H26O4/c1-19-8-5-14(23)11-13(19)3-4-15-16(19)6-9-20(2)17(15)7-10-21(20,25)18(24)12-22/h5,8,11-12,15-17,25H,3-4,6-7,9-10H2,1-2H3/t15-,16+,17+,19+,20+,21+/m1/s1. The van der Waals surface area contributed by atoms with Gasteiger partial charge in [0.2, 0.25) is 5.78 Å². The summed E-state index contributed by atoms with van der Waals surface area (Å²) < 4.78 is 0. The van der Waals surface area contributed by atoms with E-state index in [1.165, 1.54) is 5.57 Å². The zero-order valence-corrected chi connectivity index (χ0v) is 15.0. The van der Waals surface area contributed by atoms with Gasteiger partial charge >= 0.3 is 0 Å². The number of Topliss-reactive ketones (excluding diaryl/α,β-unsaturated/α-hetero) is 1. The zero-order chi connectivity index (χ0) is 18.0. The number of aldehydes is 1. The number of ketones is 2. The van der Waals surface area contributed by atoms with Gasteiger partial charge in [-0.3, -0.25) is 14.4 Å². The fourth-order valence-electron chi connectivity index (χ4n) is 6.72. The topological polar surface area (TPSA) is 71.4 Å². The number of hydrogen-bond donors (Lipinski definition) is 1. The lowest BCUT2D eigenvalue weighted by atomic mass is 9.47. The minimum Gasteiger partial charge on any atom is -0.381 e. The van der Waals surface area contributed by atoms with E-state index in [0.29, 0.717) is 24.5 Å². The number of aliphatic hydroxyl groups is 1. The van der Waals surface area contributed by atoms with Crippen molar-refractivity contribution in [1.82, 2.24) is 0 Å². The van der Waals surface area contributed by atoms with Crippen LogP contribution in [0.15, 0.2) is 23.8 Å². The lowest BCUT2D eigenvalue weighted by Gasteiger charge is -2.57. The van der Waals surface area contributed by atoms with Crippen LogP contribution in [0.4, 0.5) is 0 Å². The molecule has 4 aliphatic carbocycles. The van der Waals surface area contributed by atoms with Crippen LogP contribution in [-0.2, 0) is 14.4 Å². The predicted molar refractivity (Wildman–Crippen MR) is 92.6 cm³/mol. The fourth-order valence-corrected chi connectivity index (χ4v) is 6.72. The summed E-state index contributed by atoms with van der Waals surface area (Å²) in [5, 5.41) is 11.1. The monoisotopic (exact) mass is 342 g/mol. The average molecular weight is 342 g/mol. The van der Waals surface area contributed by atoms with E-state index in [2.05, 4.69) is 13.0 Å². The van der Waals surface area contributed by atoms with Gasteiger partial charge in [-0.15, -0.1) is 0 Å². The second kappa shape index (κ2) is 5.23. The molecule has 4 aliphatic rings. The molecule has 0 spiro atoms. The number of carbonyl (C=O) groups is 3. The minimum absolute atomic E-state index is 0.0818. The van der Waals surface area contributed by atoms with E-state index in [9.17, 15) is 19.5 Å². The first-order chi connectivity index (χ1) is 11.8. The molecule has 0 aromatic rings. The van der Waals surface area contributed by atoms with Crippen LogP contribution in [0, 0.1) is 28.6 Å². The van der Waals surface area contributed by atoms with Gasteiger partial charge < -0.3 is 5.11 Å². The van der Waals surface area contributed by atoms with E-state index in [4.69, 9.17) is 0 Å². The summed E-state index contributed by atoms with van der Waals surface area (Å²) >= 11 is 0. The van der Waals surface area contributed by atoms with Gasteiger partial charge in [0.15, 0.2) is 12.1 Å². The summed E-state index contributed by atoms with van der Waals surface area (Å²) in [5.74, 6) is 0.542. The van der Waals surface area contributed by atoms with Crippen LogP contribution in [0.2, 0.25) is 0 Å². The van der Waals surface area contributed by atoms with E-state index in [-0.39, 0.29) is 17.1 Å². The van der Waals surface area contributed by atoms with Crippen molar-refractivity contribution in [3.05, 3.63) is 23.8 Å². The average Bonchev–Trinajstić information content (AvgIpc) is 2.87. The summed E-state index contributed by atoms with van der Waals surface area (Å²) in [4.78, 5) is 35.1. The highest BCUT2D eigenvalue weighted by Gasteiger charge is 2.65. The van der Waals surface area contributed by atoms with Crippen molar-refractivity contribution in [2.24, 2.45) is 28.6 Å². The SMILES string of the molecule is C[C@]12C=CC(=O)C=C1CC[C@@H]1[C@@H]2CC[C@@]2(C)[C@H]1CC[C@]2(O)C(=O)C=O. The molecule has 4 rings (SSSR count). The Morgan fingerprint density at radius 1 is 1.20 bits per heavy atom. The van der Waals surface area contributed by atoms with Gasteiger partial charge in [0.05, 0.1) is 0 Å². The van der Waals surface area contributed by atoms with Gasteiger partial charge in [0.1, 0.15) is 5.60 Å². The van der Waals surface area contributed by atoms with Crippen molar-refractivity contribution in [2.45, 2.75) is 58.0 Å². The summed E-state index contributed by atoms with van der Waals surface area (Å²) in [5.41, 5.74) is -0.868. The Bertz CT molecular complexity index is 719. The Labute approximate surface area is 148 Å². The van der Waals surface area contributed by atoms with Gasteiger partial charge in [-0.25, -0.2) is 0 Å². The first-order valence-electron chi connectivity index (χ1n) is 9.42. The molecule has 0 aliphatic heterocycles. The third-order valence-corrected chi connectivity index (χ3v) is 8.22. The maximum absolute atomic E-state index is 12.2. The largest absolute Gasteiger partial charge is 0.381 e. The number of carbonyl (C=O) groups excluding carboxylic acids is 3. The molecule has 0 unspecified atom stereocenters. The highest BCUT2D eigenvalue weighted by atomic mass is 16.3. The summed E-state index contributed by atoms with van der Waals surface area (Å²) in [6.45, 7) is 4.25. The molecule has 4 nitrogen and oxygen atoms in total. The minimum atomic E-state index is -1.50. The molecule has 4 heteroatoms. The molecule has 1 N–H and O–H groups in total. The number of rotatable bonds is 2. The van der Waals surface area contributed by atoms with Gasteiger partial charge in [-0.1, -0.05) is 25.5 Å². The maximum Gasteiger partial charge on any atom is 0.227 e. The van der Waals surface area contributed by atoms with E-state index in [1.807, 2.05) is 13.0 Å². The maximum atomic E-state index is 12.2. The molecule has 0 aromatic heterocycles. The second-order valence-electron chi connectivity index (χ2n) is 8.94. The normalized spacial score (nSPS) is 48.2. The van der Waals surface area contributed by atoms with Crippen LogP contribution >= 0.6 is 0 Å². The van der Waals surface area contributed by atoms with Crippen LogP contribution in [0.3, 0.4) is 0 Å². The Hall–Kier alpha value is -1.55. The molecule has 6 atom stereocenters. The van der Waals surface area contributed by atoms with E-state index in [1.54, 1.807) is 6.08 Å². The van der Waals surface area contributed by atoms with Gasteiger partial charge in [-0.05, 0) is 68.4 Å². The molecule has 3 saturated carbocycles. The van der Waals surface area contributed by atoms with E-state index < -0.39 is 16.8 Å². The highest BCUT2D eigenvalue weighted by Crippen LogP contribution is 2.66. The molecular formula is C21H26O4. The van der Waals surface area contributed by atoms with Crippen LogP contribution in [0.1, 0.15) is 52.4 Å². The third kappa shape index (κ3) is 2.00. The van der Waals surface area contributed by atoms with Crippen LogP contribution in [0.5, 0.6) is 0 Å². The summed E-state index contributed by atoms with van der Waals surface area (Å²) in [6, 6.07) is 0. The first-order valence-corrected chi connectivity index (χ1v) is 9.42. The molecule has 0 radical (unpaired) electrons. The summed E-state index contributed by atoms with van der Waals surface area (Å²) in [6.07, 6.45) is 10.6. The third-order valence-electron chi connectivity index (χ3n) is 8.22. The molecule has 0 heterocycles. The van der Waals surface area contributed by atoms with Crippen molar-refractivity contribution >= 4 is 17.9 Å². The molecule has 3 fully saturated rings. The van der Waals surface area contributed by atoms with Crippen LogP contribution < -0.4 is 0 Å². The Balaban J connectivity index is 1.70. The lowest BCUT2D eigenvalue weighted by molar-refractivity contribution is -0.162. The predicted octanol–water partition coefficient (Wildman–Crippen LogP) is 2.79. The number of allylic oxidation sites excluding steroid dienone is 4. The molecule has 0 saturated heterocycles. The quantitative estimate of drug-likeness (QED) is 0.619. The number of hydrogen-bond acceptors (Lipinski definition) is 4.